The molecule has 5 rings (SSSR count). The Hall–Kier alpha value is -3.20. The molecule has 0 bridgehead atoms. The Kier molecular flexibility index (Phi) is 5.65. The molecule has 3 aliphatic heterocycles. The molecular weight excluding hydrogens is 429 g/mol. The summed E-state index contributed by atoms with van der Waals surface area (Å²) in [6, 6.07) is 8.35. The number of piperidine rings is 1. The number of nitrogens with zero attached hydrogens (tertiary/aromatic N) is 3. The molecule has 174 valence electrons. The Morgan fingerprint density at radius 2 is 1.64 bits per heavy atom. The van der Waals surface area contributed by atoms with Gasteiger partial charge in [-0.3, -0.25) is 19.3 Å². The van der Waals surface area contributed by atoms with E-state index in [1.807, 2.05) is 0 Å². The van der Waals surface area contributed by atoms with E-state index in [0.717, 1.165) is 12.8 Å². The van der Waals surface area contributed by atoms with Crippen LogP contribution in [-0.4, -0.2) is 77.0 Å². The van der Waals surface area contributed by atoms with Crippen molar-refractivity contribution < 1.29 is 27.9 Å². The predicted molar refractivity (Wildman–Crippen MR) is 115 cm³/mol. The van der Waals surface area contributed by atoms with Gasteiger partial charge in [0.2, 0.25) is 5.91 Å². The van der Waals surface area contributed by atoms with E-state index in [1.165, 1.54) is 23.3 Å². The Bertz CT molecular complexity index is 1040. The van der Waals surface area contributed by atoms with Gasteiger partial charge >= 0.3 is 0 Å². The molecule has 3 aliphatic rings. The number of benzene rings is 1. The third-order valence-corrected chi connectivity index (χ3v) is 6.85. The van der Waals surface area contributed by atoms with Crippen LogP contribution in [0.15, 0.2) is 47.1 Å². The lowest BCUT2D eigenvalue weighted by Crippen LogP contribution is -2.60. The molecule has 0 N–H and O–H groups in total. The van der Waals surface area contributed by atoms with E-state index < -0.39 is 29.4 Å². The summed E-state index contributed by atoms with van der Waals surface area (Å²) >= 11 is 0. The van der Waals surface area contributed by atoms with Crippen LogP contribution in [0.2, 0.25) is 0 Å². The Morgan fingerprint density at radius 1 is 0.909 bits per heavy atom. The number of amides is 3. The lowest BCUT2D eigenvalue weighted by Gasteiger charge is -2.44. The van der Waals surface area contributed by atoms with E-state index in [1.54, 1.807) is 34.1 Å². The summed E-state index contributed by atoms with van der Waals surface area (Å²) in [5, 5.41) is 0. The Labute approximate surface area is 190 Å². The molecule has 4 heterocycles. The third-order valence-electron chi connectivity index (χ3n) is 6.85. The van der Waals surface area contributed by atoms with Gasteiger partial charge in [0.15, 0.2) is 5.76 Å². The lowest BCUT2D eigenvalue weighted by molar-refractivity contribution is -0.136. The molecule has 3 saturated heterocycles. The standard InChI is InChI=1S/C24H26FN3O5/c25-18-7-2-1-6-17(18)21(29)27-13-9-24(10-14-27)28(23(31)20-8-5-15-32-20)19(16-33-24)22(30)26-11-3-4-12-26/h1-2,5-8,15,19H,3-4,9-14,16H2/t19-/m1/s1. The van der Waals surface area contributed by atoms with Crippen molar-refractivity contribution in [2.75, 3.05) is 32.8 Å². The van der Waals surface area contributed by atoms with E-state index in [4.69, 9.17) is 9.15 Å². The Morgan fingerprint density at radius 3 is 2.30 bits per heavy atom. The zero-order valence-corrected chi connectivity index (χ0v) is 18.2. The van der Waals surface area contributed by atoms with E-state index in [-0.39, 0.29) is 36.9 Å². The molecule has 0 saturated carbocycles. The molecule has 2 aromatic rings. The molecule has 1 atom stereocenters. The number of ether oxygens (including phenoxy) is 1. The van der Waals surface area contributed by atoms with Gasteiger partial charge in [-0.25, -0.2) is 4.39 Å². The highest BCUT2D eigenvalue weighted by Gasteiger charge is 2.55. The maximum absolute atomic E-state index is 14.1. The number of carbonyl (C=O) groups is 3. The van der Waals surface area contributed by atoms with Crippen molar-refractivity contribution in [1.82, 2.24) is 14.7 Å². The van der Waals surface area contributed by atoms with E-state index in [0.29, 0.717) is 25.9 Å². The second-order valence-corrected chi connectivity index (χ2v) is 8.73. The summed E-state index contributed by atoms with van der Waals surface area (Å²) in [5.41, 5.74) is -0.998. The number of hydrogen-bond acceptors (Lipinski definition) is 5. The first-order valence-electron chi connectivity index (χ1n) is 11.3. The van der Waals surface area contributed by atoms with E-state index in [2.05, 4.69) is 0 Å². The van der Waals surface area contributed by atoms with Crippen LogP contribution >= 0.6 is 0 Å². The quantitative estimate of drug-likeness (QED) is 0.710. The van der Waals surface area contributed by atoms with Crippen molar-refractivity contribution in [3.8, 4) is 0 Å². The first-order chi connectivity index (χ1) is 16.0. The van der Waals surface area contributed by atoms with Crippen LogP contribution < -0.4 is 0 Å². The third kappa shape index (κ3) is 3.80. The average Bonchev–Trinajstić information content (AvgIpc) is 3.60. The van der Waals surface area contributed by atoms with Gasteiger partial charge in [-0.2, -0.15) is 0 Å². The fourth-order valence-electron chi connectivity index (χ4n) is 5.09. The fraction of sp³-hybridized carbons (Fsp3) is 0.458. The van der Waals surface area contributed by atoms with Crippen LogP contribution in [0, 0.1) is 5.82 Å². The SMILES string of the molecule is O=C(c1ccccc1F)N1CCC2(CC1)OC[C@H](C(=O)N1CCCC1)N2C(=O)c1ccco1. The van der Waals surface area contributed by atoms with Crippen molar-refractivity contribution in [3.05, 3.63) is 59.8 Å². The second kappa shape index (κ2) is 8.62. The molecule has 0 unspecified atom stereocenters. The van der Waals surface area contributed by atoms with Crippen molar-refractivity contribution >= 4 is 17.7 Å². The minimum Gasteiger partial charge on any atom is -0.459 e. The molecule has 8 nitrogen and oxygen atoms in total. The topological polar surface area (TPSA) is 83.3 Å². The highest BCUT2D eigenvalue weighted by atomic mass is 19.1. The maximum atomic E-state index is 14.1. The molecule has 0 radical (unpaired) electrons. The van der Waals surface area contributed by atoms with E-state index in [9.17, 15) is 18.8 Å². The number of halogens is 1. The normalized spacial score (nSPS) is 22.2. The summed E-state index contributed by atoms with van der Waals surface area (Å²) in [6.07, 6.45) is 3.96. The molecule has 1 spiro atoms. The van der Waals surface area contributed by atoms with Crippen LogP contribution in [0.5, 0.6) is 0 Å². The molecular formula is C24H26FN3O5. The number of hydrogen-bond donors (Lipinski definition) is 0. The summed E-state index contributed by atoms with van der Waals surface area (Å²) in [4.78, 5) is 44.5. The molecule has 1 aromatic carbocycles. The number of carbonyl (C=O) groups excluding carboxylic acids is 3. The van der Waals surface area contributed by atoms with Crippen LogP contribution in [0.4, 0.5) is 4.39 Å². The molecule has 3 amide bonds. The van der Waals surface area contributed by atoms with Crippen LogP contribution in [-0.2, 0) is 9.53 Å². The zero-order valence-electron chi connectivity index (χ0n) is 18.2. The average molecular weight is 455 g/mol. The van der Waals surface area contributed by atoms with Gasteiger partial charge in [0.25, 0.3) is 11.8 Å². The highest BCUT2D eigenvalue weighted by molar-refractivity contribution is 5.97. The van der Waals surface area contributed by atoms with Crippen molar-refractivity contribution in [1.29, 1.82) is 0 Å². The molecule has 0 aliphatic carbocycles. The summed E-state index contributed by atoms with van der Waals surface area (Å²) < 4.78 is 25.6. The van der Waals surface area contributed by atoms with Crippen molar-refractivity contribution in [2.45, 2.75) is 37.5 Å². The summed E-state index contributed by atoms with van der Waals surface area (Å²) in [5.74, 6) is -1.33. The van der Waals surface area contributed by atoms with Crippen LogP contribution in [0.3, 0.4) is 0 Å². The molecule has 33 heavy (non-hydrogen) atoms. The Balaban J connectivity index is 1.38. The van der Waals surface area contributed by atoms with Crippen LogP contribution in [0.1, 0.15) is 46.6 Å². The fourth-order valence-corrected chi connectivity index (χ4v) is 5.09. The van der Waals surface area contributed by atoms with Crippen LogP contribution in [0.25, 0.3) is 0 Å². The molecule has 3 fully saturated rings. The van der Waals surface area contributed by atoms with Gasteiger partial charge < -0.3 is 19.0 Å². The summed E-state index contributed by atoms with van der Waals surface area (Å²) in [7, 11) is 0. The predicted octanol–water partition coefficient (Wildman–Crippen LogP) is 2.51. The first kappa shape index (κ1) is 21.6. The van der Waals surface area contributed by atoms with Gasteiger partial charge in [-0.15, -0.1) is 0 Å². The van der Waals surface area contributed by atoms with Gasteiger partial charge in [0.05, 0.1) is 18.4 Å². The van der Waals surface area contributed by atoms with Gasteiger partial charge in [-0.05, 0) is 37.1 Å². The smallest absolute Gasteiger partial charge is 0.292 e. The monoisotopic (exact) mass is 455 g/mol. The van der Waals surface area contributed by atoms with Gasteiger partial charge in [-0.1, -0.05) is 12.1 Å². The summed E-state index contributed by atoms with van der Waals surface area (Å²) in [6.45, 7) is 2.01. The first-order valence-corrected chi connectivity index (χ1v) is 11.3. The minimum absolute atomic E-state index is 0.0198. The molecule has 9 heteroatoms. The number of furan rings is 1. The van der Waals surface area contributed by atoms with Gasteiger partial charge in [0, 0.05) is 39.0 Å². The van der Waals surface area contributed by atoms with E-state index >= 15 is 0 Å². The zero-order chi connectivity index (χ0) is 23.0. The van der Waals surface area contributed by atoms with Crippen molar-refractivity contribution in [3.63, 3.8) is 0 Å². The number of rotatable bonds is 3. The largest absolute Gasteiger partial charge is 0.459 e. The lowest BCUT2D eigenvalue weighted by atomic mass is 9.96. The molecule has 1 aromatic heterocycles. The number of likely N-dealkylation sites (tertiary alicyclic amines) is 2. The minimum atomic E-state index is -1.02. The second-order valence-electron chi connectivity index (χ2n) is 8.73. The highest BCUT2D eigenvalue weighted by Crippen LogP contribution is 2.39. The maximum Gasteiger partial charge on any atom is 0.292 e. The van der Waals surface area contributed by atoms with Gasteiger partial charge in [0.1, 0.15) is 17.6 Å². The van der Waals surface area contributed by atoms with Crippen molar-refractivity contribution in [2.24, 2.45) is 0 Å².